The third kappa shape index (κ3) is 4.78. The first-order valence-corrected chi connectivity index (χ1v) is 9.68. The Bertz CT molecular complexity index is 947. The topological polar surface area (TPSA) is 96.2 Å². The molecule has 1 aromatic carbocycles. The molecule has 8 nitrogen and oxygen atoms in total. The van der Waals surface area contributed by atoms with Crippen LogP contribution in [0.15, 0.2) is 61.6 Å². The first kappa shape index (κ1) is 19.1. The summed E-state index contributed by atoms with van der Waals surface area (Å²) in [6, 6.07) is 7.49. The molecular weight excluding hydrogens is 368 g/mol. The number of nitrogens with zero attached hydrogens (tertiary/aromatic N) is 5. The van der Waals surface area contributed by atoms with Gasteiger partial charge in [-0.3, -0.25) is 9.78 Å². The minimum absolute atomic E-state index is 0.189. The van der Waals surface area contributed by atoms with Gasteiger partial charge in [-0.25, -0.2) is 9.97 Å². The monoisotopic (exact) mass is 392 g/mol. The van der Waals surface area contributed by atoms with Crippen LogP contribution in [0.25, 0.3) is 0 Å². The molecule has 1 fully saturated rings. The normalized spacial score (nSPS) is 19.1. The third-order valence-corrected chi connectivity index (χ3v) is 5.12. The van der Waals surface area contributed by atoms with Crippen LogP contribution >= 0.6 is 0 Å². The van der Waals surface area contributed by atoms with Gasteiger partial charge in [0.15, 0.2) is 0 Å². The fraction of sp³-hybridized carbons (Fsp3) is 0.333. The summed E-state index contributed by atoms with van der Waals surface area (Å²) in [4.78, 5) is 27.1. The van der Waals surface area contributed by atoms with Crippen molar-refractivity contribution in [2.75, 3.05) is 24.5 Å². The molecular formula is C21H24N6O2. The van der Waals surface area contributed by atoms with Gasteiger partial charge in [-0.2, -0.15) is 0 Å². The Labute approximate surface area is 169 Å². The molecule has 0 unspecified atom stereocenters. The van der Waals surface area contributed by atoms with Crippen LogP contribution in [0.5, 0.6) is 0 Å². The van der Waals surface area contributed by atoms with E-state index in [1.54, 1.807) is 37.2 Å². The Balaban J connectivity index is 1.37. The number of hydrogen-bond acceptors (Lipinski definition) is 6. The predicted molar refractivity (Wildman–Crippen MR) is 109 cm³/mol. The molecule has 1 aliphatic heterocycles. The highest BCUT2D eigenvalue weighted by molar-refractivity contribution is 5.94. The van der Waals surface area contributed by atoms with Gasteiger partial charge in [-0.15, -0.1) is 0 Å². The zero-order valence-corrected chi connectivity index (χ0v) is 16.1. The second-order valence-corrected chi connectivity index (χ2v) is 7.43. The number of hydrogen-bond donors (Lipinski definition) is 2. The van der Waals surface area contributed by atoms with Crippen molar-refractivity contribution in [1.82, 2.24) is 24.8 Å². The van der Waals surface area contributed by atoms with E-state index in [0.717, 1.165) is 24.3 Å². The number of amides is 1. The molecule has 1 saturated heterocycles. The molecule has 1 atom stereocenters. The lowest BCUT2D eigenvalue weighted by Crippen LogP contribution is -2.54. The molecule has 29 heavy (non-hydrogen) atoms. The molecule has 2 aromatic heterocycles. The first-order chi connectivity index (χ1) is 14.1. The van der Waals surface area contributed by atoms with Gasteiger partial charge in [-0.1, -0.05) is 12.1 Å². The molecule has 150 valence electrons. The zero-order valence-electron chi connectivity index (χ0n) is 16.1. The van der Waals surface area contributed by atoms with Crippen molar-refractivity contribution < 1.29 is 9.90 Å². The molecule has 4 rings (SSSR count). The number of aromatic nitrogens is 4. The number of nitrogens with one attached hydrogen (secondary N) is 1. The van der Waals surface area contributed by atoms with Crippen molar-refractivity contribution in [2.24, 2.45) is 0 Å². The SMILES string of the molecule is O=C(NC[C@@]1(O)CCCN(c2cnccn2)C1)c1cccc(Cn2ccnc2)c1. The van der Waals surface area contributed by atoms with Gasteiger partial charge in [0.25, 0.3) is 5.91 Å². The summed E-state index contributed by atoms with van der Waals surface area (Å²) < 4.78 is 1.95. The highest BCUT2D eigenvalue weighted by atomic mass is 16.3. The average Bonchev–Trinajstić information content (AvgIpc) is 3.26. The van der Waals surface area contributed by atoms with Gasteiger partial charge in [0.2, 0.25) is 0 Å². The molecule has 3 aromatic rings. The van der Waals surface area contributed by atoms with Gasteiger partial charge >= 0.3 is 0 Å². The molecule has 0 saturated carbocycles. The summed E-state index contributed by atoms with van der Waals surface area (Å²) in [5.74, 6) is 0.548. The number of benzene rings is 1. The highest BCUT2D eigenvalue weighted by Crippen LogP contribution is 2.24. The Kier molecular flexibility index (Phi) is 5.53. The van der Waals surface area contributed by atoms with Gasteiger partial charge in [0.1, 0.15) is 5.82 Å². The predicted octanol–water partition coefficient (Wildman–Crippen LogP) is 1.48. The molecule has 1 amide bonds. The van der Waals surface area contributed by atoms with Crippen LogP contribution in [0.1, 0.15) is 28.8 Å². The average molecular weight is 392 g/mol. The van der Waals surface area contributed by atoms with Crippen molar-refractivity contribution in [1.29, 1.82) is 0 Å². The Morgan fingerprint density at radius 1 is 1.24 bits per heavy atom. The number of β-amino-alcohol motifs (C(OH)–C–C–N with tert-alkyl or cyclic N) is 1. The van der Waals surface area contributed by atoms with Gasteiger partial charge < -0.3 is 19.9 Å². The van der Waals surface area contributed by atoms with Crippen molar-refractivity contribution >= 4 is 11.7 Å². The van der Waals surface area contributed by atoms with Crippen LogP contribution in [-0.2, 0) is 6.54 Å². The van der Waals surface area contributed by atoms with Crippen molar-refractivity contribution in [3.8, 4) is 0 Å². The number of piperidine rings is 1. The molecule has 0 radical (unpaired) electrons. The summed E-state index contributed by atoms with van der Waals surface area (Å²) >= 11 is 0. The largest absolute Gasteiger partial charge is 0.386 e. The fourth-order valence-electron chi connectivity index (χ4n) is 3.66. The highest BCUT2D eigenvalue weighted by Gasteiger charge is 2.34. The van der Waals surface area contributed by atoms with E-state index < -0.39 is 5.60 Å². The summed E-state index contributed by atoms with van der Waals surface area (Å²) in [5, 5.41) is 13.9. The standard InChI is InChI=1S/C21H24N6O2/c28-20(18-4-1-3-17(11-18)13-26-10-8-23-16-26)25-14-21(29)5-2-9-27(15-21)19-12-22-6-7-24-19/h1,3-4,6-8,10-12,16,29H,2,5,9,13-15H2,(H,25,28)/t21-/m0/s1. The Morgan fingerprint density at radius 2 is 2.17 bits per heavy atom. The molecule has 0 aliphatic carbocycles. The summed E-state index contributed by atoms with van der Waals surface area (Å²) in [5.41, 5.74) is 0.591. The maximum atomic E-state index is 12.7. The summed E-state index contributed by atoms with van der Waals surface area (Å²) in [6.07, 6.45) is 11.8. The second kappa shape index (κ2) is 8.40. The first-order valence-electron chi connectivity index (χ1n) is 9.68. The van der Waals surface area contributed by atoms with E-state index in [9.17, 15) is 9.90 Å². The van der Waals surface area contributed by atoms with Gasteiger partial charge in [0, 0.05) is 56.5 Å². The van der Waals surface area contributed by atoms with Gasteiger partial charge in [0.05, 0.1) is 18.1 Å². The fourth-order valence-corrected chi connectivity index (χ4v) is 3.66. The lowest BCUT2D eigenvalue weighted by molar-refractivity contribution is 0.0254. The molecule has 2 N–H and O–H groups in total. The van der Waals surface area contributed by atoms with Crippen LogP contribution in [0, 0.1) is 0 Å². The van der Waals surface area contributed by atoms with E-state index in [4.69, 9.17) is 0 Å². The number of imidazole rings is 1. The Morgan fingerprint density at radius 3 is 2.97 bits per heavy atom. The summed E-state index contributed by atoms with van der Waals surface area (Å²) in [6.45, 7) is 2.06. The zero-order chi connectivity index (χ0) is 20.1. The van der Waals surface area contributed by atoms with Crippen LogP contribution in [0.3, 0.4) is 0 Å². The lowest BCUT2D eigenvalue weighted by atomic mass is 9.92. The molecule has 3 heterocycles. The smallest absolute Gasteiger partial charge is 0.251 e. The van der Waals surface area contributed by atoms with Crippen molar-refractivity contribution in [3.05, 3.63) is 72.7 Å². The number of carbonyl (C=O) groups excluding carboxylic acids is 1. The molecule has 0 bridgehead atoms. The van der Waals surface area contributed by atoms with Crippen LogP contribution in [-0.4, -0.2) is 55.8 Å². The minimum atomic E-state index is -1.00. The van der Waals surface area contributed by atoms with Crippen LogP contribution in [0.2, 0.25) is 0 Å². The second-order valence-electron chi connectivity index (χ2n) is 7.43. The number of aliphatic hydroxyl groups is 1. The van der Waals surface area contributed by atoms with E-state index in [0.29, 0.717) is 25.1 Å². The van der Waals surface area contributed by atoms with Crippen LogP contribution in [0.4, 0.5) is 5.82 Å². The quantitative estimate of drug-likeness (QED) is 0.660. The number of carbonyl (C=O) groups is 1. The van der Waals surface area contributed by atoms with E-state index in [1.165, 1.54) is 0 Å². The van der Waals surface area contributed by atoms with Crippen LogP contribution < -0.4 is 10.2 Å². The minimum Gasteiger partial charge on any atom is -0.386 e. The van der Waals surface area contributed by atoms with E-state index >= 15 is 0 Å². The molecule has 8 heteroatoms. The van der Waals surface area contributed by atoms with Crippen molar-refractivity contribution in [2.45, 2.75) is 25.0 Å². The number of rotatable bonds is 6. The lowest BCUT2D eigenvalue weighted by Gasteiger charge is -2.39. The summed E-state index contributed by atoms with van der Waals surface area (Å²) in [7, 11) is 0. The Hall–Kier alpha value is -3.26. The number of anilines is 1. The van der Waals surface area contributed by atoms with Crippen molar-refractivity contribution in [3.63, 3.8) is 0 Å². The maximum Gasteiger partial charge on any atom is 0.251 e. The third-order valence-electron chi connectivity index (χ3n) is 5.12. The van der Waals surface area contributed by atoms with Gasteiger partial charge in [-0.05, 0) is 30.5 Å². The maximum absolute atomic E-state index is 12.7. The molecule has 1 aliphatic rings. The molecule has 0 spiro atoms. The van der Waals surface area contributed by atoms with E-state index in [1.807, 2.05) is 33.9 Å². The van der Waals surface area contributed by atoms with E-state index in [-0.39, 0.29) is 12.5 Å². The van der Waals surface area contributed by atoms with E-state index in [2.05, 4.69) is 20.3 Å².